The van der Waals surface area contributed by atoms with Crippen molar-refractivity contribution in [3.63, 3.8) is 0 Å². The molecule has 0 atom stereocenters. The summed E-state index contributed by atoms with van der Waals surface area (Å²) in [5, 5.41) is 5.50. The SMILES string of the molecule is CS(=O)(=O)c1ccc(C(=O)Nc2ccc(-n3cnc(C(=O)NCCN4CCCCC4)c3C(N)=O)cc2)c(Cl)c1. The average molecular weight is 573 g/mol. The van der Waals surface area contributed by atoms with Crippen molar-refractivity contribution in [3.05, 3.63) is 70.8 Å². The lowest BCUT2D eigenvalue weighted by Crippen LogP contribution is -2.38. The molecular weight excluding hydrogens is 544 g/mol. The molecule has 11 nitrogen and oxygen atoms in total. The lowest BCUT2D eigenvalue weighted by Gasteiger charge is -2.26. The Kier molecular flexibility index (Phi) is 8.68. The third-order valence-corrected chi connectivity index (χ3v) is 7.82. The first kappa shape index (κ1) is 28.3. The molecule has 2 aromatic carbocycles. The number of nitrogens with two attached hydrogens (primary N) is 1. The normalized spacial score (nSPS) is 14.1. The summed E-state index contributed by atoms with van der Waals surface area (Å²) in [6.45, 7) is 3.17. The Morgan fingerprint density at radius 3 is 2.33 bits per heavy atom. The Hall–Kier alpha value is -3.74. The molecule has 1 fully saturated rings. The molecule has 3 aromatic rings. The van der Waals surface area contributed by atoms with E-state index < -0.39 is 27.6 Å². The number of rotatable bonds is 9. The highest BCUT2D eigenvalue weighted by atomic mass is 35.5. The number of aromatic nitrogens is 2. The van der Waals surface area contributed by atoms with Crippen LogP contribution in [0.5, 0.6) is 0 Å². The fourth-order valence-electron chi connectivity index (χ4n) is 4.35. The minimum Gasteiger partial charge on any atom is -0.364 e. The van der Waals surface area contributed by atoms with Gasteiger partial charge in [0.15, 0.2) is 15.5 Å². The van der Waals surface area contributed by atoms with E-state index in [1.165, 1.54) is 35.5 Å². The second-order valence-corrected chi connectivity index (χ2v) is 11.7. The zero-order valence-corrected chi connectivity index (χ0v) is 22.9. The van der Waals surface area contributed by atoms with Gasteiger partial charge in [-0.3, -0.25) is 19.0 Å². The fourth-order valence-corrected chi connectivity index (χ4v) is 5.33. The smallest absolute Gasteiger partial charge is 0.272 e. The zero-order valence-electron chi connectivity index (χ0n) is 21.3. The Morgan fingerprint density at radius 1 is 1.03 bits per heavy atom. The number of carbonyl (C=O) groups is 3. The molecule has 0 bridgehead atoms. The number of amides is 3. The molecule has 4 N–H and O–H groups in total. The van der Waals surface area contributed by atoms with E-state index in [9.17, 15) is 22.8 Å². The van der Waals surface area contributed by atoms with Gasteiger partial charge in [-0.15, -0.1) is 0 Å². The number of imidazole rings is 1. The highest BCUT2D eigenvalue weighted by Gasteiger charge is 2.23. The Balaban J connectivity index is 1.45. The minimum absolute atomic E-state index is 0.00158. The predicted octanol–water partition coefficient (Wildman–Crippen LogP) is 2.50. The van der Waals surface area contributed by atoms with E-state index in [0.29, 0.717) is 17.9 Å². The van der Waals surface area contributed by atoms with Crippen molar-refractivity contribution in [2.45, 2.75) is 24.2 Å². The summed E-state index contributed by atoms with van der Waals surface area (Å²) >= 11 is 6.13. The molecule has 2 heterocycles. The molecule has 1 aliphatic rings. The molecule has 1 aromatic heterocycles. The number of sulfone groups is 1. The molecule has 1 saturated heterocycles. The third kappa shape index (κ3) is 6.83. The summed E-state index contributed by atoms with van der Waals surface area (Å²) in [5.74, 6) is -1.82. The molecule has 206 valence electrons. The van der Waals surface area contributed by atoms with Crippen LogP contribution in [0.2, 0.25) is 5.02 Å². The fraction of sp³-hybridized carbons (Fsp3) is 0.308. The number of hydrogen-bond donors (Lipinski definition) is 3. The van der Waals surface area contributed by atoms with Crippen molar-refractivity contribution in [2.75, 3.05) is 37.8 Å². The first-order valence-corrected chi connectivity index (χ1v) is 14.6. The maximum absolute atomic E-state index is 12.8. The second kappa shape index (κ2) is 12.0. The zero-order chi connectivity index (χ0) is 28.2. The van der Waals surface area contributed by atoms with Crippen LogP contribution < -0.4 is 16.4 Å². The lowest BCUT2D eigenvalue weighted by atomic mass is 10.1. The topological polar surface area (TPSA) is 156 Å². The number of anilines is 1. The van der Waals surface area contributed by atoms with E-state index in [4.69, 9.17) is 17.3 Å². The van der Waals surface area contributed by atoms with Crippen molar-refractivity contribution in [1.29, 1.82) is 0 Å². The molecular formula is C26H29ClN6O5S. The van der Waals surface area contributed by atoms with Gasteiger partial charge in [0.25, 0.3) is 17.7 Å². The van der Waals surface area contributed by atoms with Crippen LogP contribution in [0.15, 0.2) is 53.7 Å². The molecule has 0 saturated carbocycles. The van der Waals surface area contributed by atoms with Gasteiger partial charge < -0.3 is 21.3 Å². The molecule has 0 aliphatic carbocycles. The van der Waals surface area contributed by atoms with Crippen LogP contribution in [-0.4, -0.2) is 73.0 Å². The summed E-state index contributed by atoms with van der Waals surface area (Å²) in [4.78, 5) is 44.1. The van der Waals surface area contributed by atoms with E-state index >= 15 is 0 Å². The molecule has 3 amide bonds. The number of piperidine rings is 1. The summed E-state index contributed by atoms with van der Waals surface area (Å²) in [7, 11) is -3.46. The van der Waals surface area contributed by atoms with Gasteiger partial charge in [-0.05, 0) is 68.4 Å². The summed E-state index contributed by atoms with van der Waals surface area (Å²) in [5.41, 5.74) is 6.50. The maximum Gasteiger partial charge on any atom is 0.272 e. The highest BCUT2D eigenvalue weighted by Crippen LogP contribution is 2.23. The molecule has 4 rings (SSSR count). The number of benzene rings is 2. The number of carbonyl (C=O) groups excluding carboxylic acids is 3. The average Bonchev–Trinajstić information content (AvgIpc) is 3.35. The number of nitrogens with zero attached hydrogens (tertiary/aromatic N) is 3. The third-order valence-electron chi connectivity index (χ3n) is 6.39. The molecule has 0 unspecified atom stereocenters. The standard InChI is InChI=1S/C26H29ClN6O5S/c1-39(37,38)19-9-10-20(21(27)15-19)25(35)31-17-5-7-18(8-6-17)33-16-30-22(23(33)24(28)34)26(36)29-11-14-32-12-3-2-4-13-32/h5-10,15-16H,2-4,11-14H2,1H3,(H2,28,34)(H,29,36)(H,31,35). The summed E-state index contributed by atoms with van der Waals surface area (Å²) < 4.78 is 24.8. The van der Waals surface area contributed by atoms with Gasteiger partial charge in [0.2, 0.25) is 0 Å². The van der Waals surface area contributed by atoms with E-state index in [1.54, 1.807) is 24.3 Å². The molecule has 0 radical (unpaired) electrons. The van der Waals surface area contributed by atoms with E-state index in [0.717, 1.165) is 38.7 Å². The van der Waals surface area contributed by atoms with Gasteiger partial charge in [-0.25, -0.2) is 13.4 Å². The largest absolute Gasteiger partial charge is 0.364 e. The van der Waals surface area contributed by atoms with E-state index in [1.807, 2.05) is 0 Å². The van der Waals surface area contributed by atoms with Crippen LogP contribution in [0.4, 0.5) is 5.69 Å². The monoisotopic (exact) mass is 572 g/mol. The quantitative estimate of drug-likeness (QED) is 0.355. The molecule has 0 spiro atoms. The Labute approximate surface area is 231 Å². The summed E-state index contributed by atoms with van der Waals surface area (Å²) in [6.07, 6.45) is 5.93. The van der Waals surface area contributed by atoms with Crippen molar-refractivity contribution in [1.82, 2.24) is 19.8 Å². The molecule has 39 heavy (non-hydrogen) atoms. The van der Waals surface area contributed by atoms with Gasteiger partial charge in [-0.2, -0.15) is 0 Å². The second-order valence-electron chi connectivity index (χ2n) is 9.25. The van der Waals surface area contributed by atoms with Gasteiger partial charge in [-0.1, -0.05) is 18.0 Å². The van der Waals surface area contributed by atoms with Crippen LogP contribution in [0.3, 0.4) is 0 Å². The van der Waals surface area contributed by atoms with Crippen LogP contribution in [0, 0.1) is 0 Å². The van der Waals surface area contributed by atoms with Crippen molar-refractivity contribution in [3.8, 4) is 5.69 Å². The van der Waals surface area contributed by atoms with Gasteiger partial charge in [0, 0.05) is 30.7 Å². The van der Waals surface area contributed by atoms with Crippen LogP contribution in [-0.2, 0) is 9.84 Å². The first-order valence-electron chi connectivity index (χ1n) is 12.3. The van der Waals surface area contributed by atoms with Crippen molar-refractivity contribution in [2.24, 2.45) is 5.73 Å². The van der Waals surface area contributed by atoms with Crippen LogP contribution in [0.1, 0.15) is 50.6 Å². The van der Waals surface area contributed by atoms with Crippen molar-refractivity contribution >= 4 is 44.8 Å². The molecule has 13 heteroatoms. The number of primary amides is 1. The minimum atomic E-state index is -3.46. The first-order chi connectivity index (χ1) is 18.5. The van der Waals surface area contributed by atoms with Gasteiger partial charge in [0.05, 0.1) is 15.5 Å². The predicted molar refractivity (Wildman–Crippen MR) is 147 cm³/mol. The number of likely N-dealkylation sites (tertiary alicyclic amines) is 1. The lowest BCUT2D eigenvalue weighted by molar-refractivity contribution is 0.0924. The van der Waals surface area contributed by atoms with Crippen LogP contribution >= 0.6 is 11.6 Å². The Morgan fingerprint density at radius 2 is 1.72 bits per heavy atom. The van der Waals surface area contributed by atoms with Crippen LogP contribution in [0.25, 0.3) is 5.69 Å². The van der Waals surface area contributed by atoms with E-state index in [2.05, 4.69) is 20.5 Å². The van der Waals surface area contributed by atoms with E-state index in [-0.39, 0.29) is 26.9 Å². The van der Waals surface area contributed by atoms with Crippen molar-refractivity contribution < 1.29 is 22.8 Å². The molecule has 1 aliphatic heterocycles. The highest BCUT2D eigenvalue weighted by molar-refractivity contribution is 7.90. The number of halogens is 1. The van der Waals surface area contributed by atoms with Gasteiger partial charge in [0.1, 0.15) is 12.0 Å². The number of hydrogen-bond acceptors (Lipinski definition) is 7. The Bertz CT molecular complexity index is 1500. The van der Waals surface area contributed by atoms with Gasteiger partial charge >= 0.3 is 0 Å². The summed E-state index contributed by atoms with van der Waals surface area (Å²) in [6, 6.07) is 10.3. The number of nitrogens with one attached hydrogen (secondary N) is 2. The maximum atomic E-state index is 12.8.